The lowest BCUT2D eigenvalue weighted by Gasteiger charge is -2.10. The Labute approximate surface area is 116 Å². The SMILES string of the molecule is C=CC(=O)Oc1cc(S(=O)(=O)NC)cc2ccccc12. The molecule has 0 heterocycles. The van der Waals surface area contributed by atoms with E-state index in [1.54, 1.807) is 24.3 Å². The molecule has 0 fully saturated rings. The number of carbonyl (C=O) groups is 1. The maximum absolute atomic E-state index is 11.9. The van der Waals surface area contributed by atoms with Gasteiger partial charge in [-0.15, -0.1) is 0 Å². The van der Waals surface area contributed by atoms with Crippen molar-refractivity contribution in [2.75, 3.05) is 7.05 Å². The average molecular weight is 291 g/mol. The topological polar surface area (TPSA) is 72.5 Å². The first-order chi connectivity index (χ1) is 9.47. The summed E-state index contributed by atoms with van der Waals surface area (Å²) in [6.07, 6.45) is 1.02. The van der Waals surface area contributed by atoms with Crippen LogP contribution in [0.3, 0.4) is 0 Å². The Morgan fingerprint density at radius 1 is 1.30 bits per heavy atom. The minimum atomic E-state index is -3.62. The van der Waals surface area contributed by atoms with E-state index in [1.807, 2.05) is 0 Å². The zero-order chi connectivity index (χ0) is 14.8. The van der Waals surface area contributed by atoms with Crippen molar-refractivity contribution in [3.8, 4) is 5.75 Å². The first kappa shape index (κ1) is 14.2. The molecule has 2 aromatic rings. The first-order valence-electron chi connectivity index (χ1n) is 5.78. The van der Waals surface area contributed by atoms with Crippen molar-refractivity contribution in [1.29, 1.82) is 0 Å². The van der Waals surface area contributed by atoms with Crippen molar-refractivity contribution in [2.45, 2.75) is 4.90 Å². The maximum Gasteiger partial charge on any atom is 0.335 e. The van der Waals surface area contributed by atoms with Gasteiger partial charge in [-0.3, -0.25) is 0 Å². The van der Waals surface area contributed by atoms with Crippen LogP contribution in [0.25, 0.3) is 10.8 Å². The first-order valence-corrected chi connectivity index (χ1v) is 7.27. The molecule has 2 aromatic carbocycles. The Bertz CT molecular complexity index is 781. The van der Waals surface area contributed by atoms with Crippen molar-refractivity contribution in [3.05, 3.63) is 49.1 Å². The third-order valence-electron chi connectivity index (χ3n) is 2.75. The molecule has 0 aliphatic rings. The van der Waals surface area contributed by atoms with Gasteiger partial charge in [-0.1, -0.05) is 30.8 Å². The van der Waals surface area contributed by atoms with E-state index in [0.717, 1.165) is 6.08 Å². The summed E-state index contributed by atoms with van der Waals surface area (Å²) >= 11 is 0. The summed E-state index contributed by atoms with van der Waals surface area (Å²) in [5.74, 6) is -0.462. The predicted molar refractivity (Wildman–Crippen MR) is 76.0 cm³/mol. The summed E-state index contributed by atoms with van der Waals surface area (Å²) in [6, 6.07) is 9.88. The van der Waals surface area contributed by atoms with Gasteiger partial charge in [-0.05, 0) is 18.5 Å². The minimum Gasteiger partial charge on any atom is -0.423 e. The predicted octanol–water partition coefficient (Wildman–Crippen LogP) is 1.84. The lowest BCUT2D eigenvalue weighted by atomic mass is 10.1. The molecule has 0 unspecified atom stereocenters. The average Bonchev–Trinajstić information content (AvgIpc) is 2.46. The number of fused-ring (bicyclic) bond motifs is 1. The number of hydrogen-bond acceptors (Lipinski definition) is 4. The van der Waals surface area contributed by atoms with Crippen LogP contribution >= 0.6 is 0 Å². The van der Waals surface area contributed by atoms with E-state index in [9.17, 15) is 13.2 Å². The van der Waals surface area contributed by atoms with Crippen molar-refractivity contribution < 1.29 is 17.9 Å². The zero-order valence-electron chi connectivity index (χ0n) is 10.8. The number of ether oxygens (including phenoxy) is 1. The quantitative estimate of drug-likeness (QED) is 0.530. The molecule has 1 N–H and O–H groups in total. The van der Waals surface area contributed by atoms with Gasteiger partial charge in [0.05, 0.1) is 4.90 Å². The van der Waals surface area contributed by atoms with Gasteiger partial charge in [-0.2, -0.15) is 0 Å². The molecule has 0 saturated carbocycles. The van der Waals surface area contributed by atoms with Gasteiger partial charge in [0.2, 0.25) is 10.0 Å². The largest absolute Gasteiger partial charge is 0.423 e. The molecule has 5 nitrogen and oxygen atoms in total. The second-order valence-electron chi connectivity index (χ2n) is 3.98. The van der Waals surface area contributed by atoms with Crippen LogP contribution in [-0.2, 0) is 14.8 Å². The summed E-state index contributed by atoms with van der Waals surface area (Å²) < 4.78 is 31.1. The molecule has 104 valence electrons. The van der Waals surface area contributed by atoms with Crippen molar-refractivity contribution >= 4 is 26.8 Å². The molecule has 0 amide bonds. The fourth-order valence-corrected chi connectivity index (χ4v) is 2.54. The molecule has 0 atom stereocenters. The molecule has 0 radical (unpaired) electrons. The smallest absolute Gasteiger partial charge is 0.335 e. The summed E-state index contributed by atoms with van der Waals surface area (Å²) in [4.78, 5) is 11.4. The van der Waals surface area contributed by atoms with E-state index in [0.29, 0.717) is 10.8 Å². The van der Waals surface area contributed by atoms with Crippen LogP contribution in [0.5, 0.6) is 5.75 Å². The second kappa shape index (κ2) is 5.44. The summed E-state index contributed by atoms with van der Waals surface area (Å²) in [5, 5.41) is 1.31. The third kappa shape index (κ3) is 2.71. The van der Waals surface area contributed by atoms with E-state index < -0.39 is 16.0 Å². The molecule has 6 heteroatoms. The molecule has 2 rings (SSSR count). The molecule has 0 aliphatic carbocycles. The standard InChI is InChI=1S/C14H13NO4S/c1-3-14(16)19-13-9-11(20(17,18)15-2)8-10-6-4-5-7-12(10)13/h3-9,15H,1H2,2H3. The van der Waals surface area contributed by atoms with Gasteiger partial charge in [-0.25, -0.2) is 17.9 Å². The Morgan fingerprint density at radius 3 is 2.65 bits per heavy atom. The van der Waals surface area contributed by atoms with Crippen LogP contribution in [0, 0.1) is 0 Å². The highest BCUT2D eigenvalue weighted by molar-refractivity contribution is 7.89. The number of hydrogen-bond donors (Lipinski definition) is 1. The van der Waals surface area contributed by atoms with Crippen molar-refractivity contribution in [3.63, 3.8) is 0 Å². The Balaban J connectivity index is 2.70. The van der Waals surface area contributed by atoms with Crippen LogP contribution in [0.15, 0.2) is 53.9 Å². The molecule has 0 aliphatic heterocycles. The Hall–Kier alpha value is -2.18. The molecular weight excluding hydrogens is 278 g/mol. The normalized spacial score (nSPS) is 11.2. The van der Waals surface area contributed by atoms with Gasteiger partial charge in [0, 0.05) is 17.5 Å². The van der Waals surface area contributed by atoms with Crippen LogP contribution < -0.4 is 9.46 Å². The van der Waals surface area contributed by atoms with Crippen LogP contribution in [0.1, 0.15) is 0 Å². The number of esters is 1. The van der Waals surface area contributed by atoms with Crippen molar-refractivity contribution in [1.82, 2.24) is 4.72 Å². The zero-order valence-corrected chi connectivity index (χ0v) is 11.6. The van der Waals surface area contributed by atoms with Gasteiger partial charge in [0.1, 0.15) is 5.75 Å². The second-order valence-corrected chi connectivity index (χ2v) is 5.86. The van der Waals surface area contributed by atoms with Crippen LogP contribution in [-0.4, -0.2) is 21.4 Å². The van der Waals surface area contributed by atoms with E-state index >= 15 is 0 Å². The fourth-order valence-electron chi connectivity index (χ4n) is 1.76. The number of sulfonamides is 1. The lowest BCUT2D eigenvalue weighted by Crippen LogP contribution is -2.18. The van der Waals surface area contributed by atoms with E-state index in [4.69, 9.17) is 4.74 Å². The molecule has 0 spiro atoms. The van der Waals surface area contributed by atoms with E-state index in [1.165, 1.54) is 19.2 Å². The number of rotatable bonds is 4. The molecular formula is C14H13NO4S. The molecule has 20 heavy (non-hydrogen) atoms. The van der Waals surface area contributed by atoms with E-state index in [2.05, 4.69) is 11.3 Å². The minimum absolute atomic E-state index is 0.0329. The molecule has 0 saturated heterocycles. The highest BCUT2D eigenvalue weighted by Gasteiger charge is 2.16. The van der Waals surface area contributed by atoms with Gasteiger partial charge >= 0.3 is 5.97 Å². The van der Waals surface area contributed by atoms with Crippen molar-refractivity contribution in [2.24, 2.45) is 0 Å². The summed E-state index contributed by atoms with van der Waals surface area (Å²) in [5.41, 5.74) is 0. The fraction of sp³-hybridized carbons (Fsp3) is 0.0714. The Kier molecular flexibility index (Phi) is 3.87. The lowest BCUT2D eigenvalue weighted by molar-refractivity contribution is -0.128. The summed E-state index contributed by atoms with van der Waals surface area (Å²) in [7, 11) is -2.30. The molecule has 0 aromatic heterocycles. The van der Waals surface area contributed by atoms with Crippen LogP contribution in [0.4, 0.5) is 0 Å². The molecule has 0 bridgehead atoms. The Morgan fingerprint density at radius 2 is 2.00 bits per heavy atom. The van der Waals surface area contributed by atoms with Gasteiger partial charge in [0.15, 0.2) is 0 Å². The highest BCUT2D eigenvalue weighted by Crippen LogP contribution is 2.29. The number of nitrogens with one attached hydrogen (secondary N) is 1. The summed E-state index contributed by atoms with van der Waals surface area (Å²) in [6.45, 7) is 3.32. The van der Waals surface area contributed by atoms with E-state index in [-0.39, 0.29) is 10.6 Å². The van der Waals surface area contributed by atoms with Crippen LogP contribution in [0.2, 0.25) is 0 Å². The highest BCUT2D eigenvalue weighted by atomic mass is 32.2. The van der Waals surface area contributed by atoms with Gasteiger partial charge < -0.3 is 4.74 Å². The monoisotopic (exact) mass is 291 g/mol. The maximum atomic E-state index is 11.9. The third-order valence-corrected chi connectivity index (χ3v) is 4.15. The van der Waals surface area contributed by atoms with Gasteiger partial charge in [0.25, 0.3) is 0 Å². The number of carbonyl (C=O) groups excluding carboxylic acids is 1. The number of benzene rings is 2.